The van der Waals surface area contributed by atoms with Gasteiger partial charge in [-0.05, 0) is 19.1 Å². The summed E-state index contributed by atoms with van der Waals surface area (Å²) in [5.41, 5.74) is 1.77. The van der Waals surface area contributed by atoms with Crippen LogP contribution in [0, 0.1) is 6.92 Å². The molecule has 0 spiro atoms. The van der Waals surface area contributed by atoms with Crippen molar-refractivity contribution < 1.29 is 9.21 Å². The first-order valence-corrected chi connectivity index (χ1v) is 4.13. The van der Waals surface area contributed by atoms with Crippen molar-refractivity contribution in [3.63, 3.8) is 0 Å². The van der Waals surface area contributed by atoms with Gasteiger partial charge in [-0.3, -0.25) is 9.78 Å². The number of pyridine rings is 1. The van der Waals surface area contributed by atoms with E-state index in [1.54, 1.807) is 18.3 Å². The van der Waals surface area contributed by atoms with E-state index in [2.05, 4.69) is 9.97 Å². The fourth-order valence-electron chi connectivity index (χ4n) is 1.23. The van der Waals surface area contributed by atoms with Gasteiger partial charge in [0.25, 0.3) is 0 Å². The Morgan fingerprint density at radius 1 is 1.43 bits per heavy atom. The van der Waals surface area contributed by atoms with Crippen LogP contribution in [0.25, 0.3) is 11.5 Å². The lowest BCUT2D eigenvalue weighted by Crippen LogP contribution is -1.90. The van der Waals surface area contributed by atoms with Crippen LogP contribution in [0.2, 0.25) is 0 Å². The van der Waals surface area contributed by atoms with Crippen LogP contribution in [-0.4, -0.2) is 16.3 Å². The number of carbonyl (C=O) groups is 1. The number of oxazole rings is 1. The first-order valence-electron chi connectivity index (χ1n) is 4.13. The molecule has 2 aromatic rings. The van der Waals surface area contributed by atoms with Crippen LogP contribution in [0.3, 0.4) is 0 Å². The summed E-state index contributed by atoms with van der Waals surface area (Å²) in [6.07, 6.45) is 3.71. The number of aryl methyl sites for hydroxylation is 1. The van der Waals surface area contributed by atoms with Crippen molar-refractivity contribution in [3.05, 3.63) is 36.0 Å². The molecular formula is C10H8N2O2. The van der Waals surface area contributed by atoms with E-state index in [9.17, 15) is 4.79 Å². The van der Waals surface area contributed by atoms with Crippen LogP contribution < -0.4 is 0 Å². The van der Waals surface area contributed by atoms with Gasteiger partial charge in [0.05, 0.1) is 5.69 Å². The lowest BCUT2D eigenvalue weighted by Gasteiger charge is -1.99. The van der Waals surface area contributed by atoms with Crippen LogP contribution in [-0.2, 0) is 0 Å². The second-order valence-corrected chi connectivity index (χ2v) is 2.83. The number of aldehydes is 1. The topological polar surface area (TPSA) is 56.0 Å². The zero-order valence-corrected chi connectivity index (χ0v) is 7.60. The van der Waals surface area contributed by atoms with Gasteiger partial charge < -0.3 is 4.42 Å². The van der Waals surface area contributed by atoms with Gasteiger partial charge in [-0.15, -0.1) is 0 Å². The normalized spacial score (nSPS) is 10.1. The highest BCUT2D eigenvalue weighted by Crippen LogP contribution is 2.22. The minimum atomic E-state index is 0.507. The van der Waals surface area contributed by atoms with Crippen LogP contribution >= 0.6 is 0 Å². The molecule has 0 aliphatic rings. The van der Waals surface area contributed by atoms with Gasteiger partial charge in [-0.2, -0.15) is 0 Å². The lowest BCUT2D eigenvalue weighted by molar-refractivity contribution is 0.112. The molecule has 0 saturated heterocycles. The molecule has 2 aromatic heterocycles. The van der Waals surface area contributed by atoms with Gasteiger partial charge in [-0.25, -0.2) is 4.98 Å². The standard InChI is InChI=1S/C10H8N2O2/c1-7-10(14-6-12-7)9-8(5-13)3-2-4-11-9/h2-6H,1H3. The zero-order chi connectivity index (χ0) is 9.97. The van der Waals surface area contributed by atoms with Crippen LogP contribution in [0.1, 0.15) is 16.1 Å². The van der Waals surface area contributed by atoms with Crippen molar-refractivity contribution in [1.29, 1.82) is 0 Å². The number of carbonyl (C=O) groups excluding carboxylic acids is 1. The van der Waals surface area contributed by atoms with E-state index in [1.807, 2.05) is 6.92 Å². The Balaban J connectivity index is 2.62. The Morgan fingerprint density at radius 2 is 2.29 bits per heavy atom. The van der Waals surface area contributed by atoms with Crippen molar-refractivity contribution in [1.82, 2.24) is 9.97 Å². The molecule has 0 amide bonds. The zero-order valence-electron chi connectivity index (χ0n) is 7.60. The molecule has 0 aromatic carbocycles. The van der Waals surface area contributed by atoms with E-state index in [0.717, 1.165) is 12.0 Å². The molecule has 0 N–H and O–H groups in total. The third-order valence-electron chi connectivity index (χ3n) is 1.93. The van der Waals surface area contributed by atoms with Gasteiger partial charge >= 0.3 is 0 Å². The number of hydrogen-bond acceptors (Lipinski definition) is 4. The van der Waals surface area contributed by atoms with Crippen molar-refractivity contribution in [2.75, 3.05) is 0 Å². The second-order valence-electron chi connectivity index (χ2n) is 2.83. The molecule has 0 fully saturated rings. The summed E-state index contributed by atoms with van der Waals surface area (Å²) in [5, 5.41) is 0. The third-order valence-corrected chi connectivity index (χ3v) is 1.93. The Bertz CT molecular complexity index is 463. The Hall–Kier alpha value is -1.97. The fraction of sp³-hybridized carbons (Fsp3) is 0.100. The number of nitrogens with zero attached hydrogens (tertiary/aromatic N) is 2. The monoisotopic (exact) mass is 188 g/mol. The summed E-state index contributed by atoms with van der Waals surface area (Å²) in [5.74, 6) is 0.549. The molecule has 0 unspecified atom stereocenters. The fourth-order valence-corrected chi connectivity index (χ4v) is 1.23. The maximum atomic E-state index is 10.7. The number of hydrogen-bond donors (Lipinski definition) is 0. The summed E-state index contributed by atoms with van der Waals surface area (Å²) < 4.78 is 5.16. The van der Waals surface area contributed by atoms with E-state index >= 15 is 0 Å². The molecule has 2 heterocycles. The molecule has 4 nitrogen and oxygen atoms in total. The molecular weight excluding hydrogens is 180 g/mol. The Labute approximate surface area is 80.6 Å². The third kappa shape index (κ3) is 1.31. The lowest BCUT2D eigenvalue weighted by atomic mass is 10.1. The SMILES string of the molecule is Cc1ncoc1-c1ncccc1C=O. The number of rotatable bonds is 2. The molecule has 0 aliphatic carbocycles. The summed E-state index contributed by atoms with van der Waals surface area (Å²) in [4.78, 5) is 18.8. The van der Waals surface area contributed by atoms with E-state index in [0.29, 0.717) is 17.0 Å². The molecule has 70 valence electrons. The summed E-state index contributed by atoms with van der Waals surface area (Å²) in [6.45, 7) is 1.81. The molecule has 0 aliphatic heterocycles. The van der Waals surface area contributed by atoms with Crippen LogP contribution in [0.5, 0.6) is 0 Å². The van der Waals surface area contributed by atoms with Crippen molar-refractivity contribution >= 4 is 6.29 Å². The molecule has 0 atom stereocenters. The average Bonchev–Trinajstić information content (AvgIpc) is 2.64. The van der Waals surface area contributed by atoms with Crippen LogP contribution in [0.15, 0.2) is 29.1 Å². The summed E-state index contributed by atoms with van der Waals surface area (Å²) in [7, 11) is 0. The van der Waals surface area contributed by atoms with Gasteiger partial charge in [-0.1, -0.05) is 0 Å². The second kappa shape index (κ2) is 3.41. The van der Waals surface area contributed by atoms with Gasteiger partial charge in [0.1, 0.15) is 5.69 Å². The average molecular weight is 188 g/mol. The Kier molecular flexibility index (Phi) is 2.10. The quantitative estimate of drug-likeness (QED) is 0.675. The minimum Gasteiger partial charge on any atom is -0.442 e. The first kappa shape index (κ1) is 8.62. The van der Waals surface area contributed by atoms with Gasteiger partial charge in [0.2, 0.25) is 0 Å². The molecule has 0 bridgehead atoms. The highest BCUT2D eigenvalue weighted by Gasteiger charge is 2.11. The van der Waals surface area contributed by atoms with Gasteiger partial charge in [0, 0.05) is 11.8 Å². The number of aromatic nitrogens is 2. The predicted octanol–water partition coefficient (Wildman–Crippen LogP) is 1.86. The van der Waals surface area contributed by atoms with E-state index in [-0.39, 0.29) is 0 Å². The molecule has 14 heavy (non-hydrogen) atoms. The Morgan fingerprint density at radius 3 is 2.93 bits per heavy atom. The van der Waals surface area contributed by atoms with E-state index < -0.39 is 0 Å². The summed E-state index contributed by atoms with van der Waals surface area (Å²) >= 11 is 0. The molecule has 4 heteroatoms. The summed E-state index contributed by atoms with van der Waals surface area (Å²) in [6, 6.07) is 3.40. The maximum Gasteiger partial charge on any atom is 0.181 e. The minimum absolute atomic E-state index is 0.507. The van der Waals surface area contributed by atoms with Crippen molar-refractivity contribution in [3.8, 4) is 11.5 Å². The smallest absolute Gasteiger partial charge is 0.181 e. The van der Waals surface area contributed by atoms with E-state index in [1.165, 1.54) is 6.39 Å². The maximum absolute atomic E-state index is 10.7. The molecule has 0 radical (unpaired) electrons. The van der Waals surface area contributed by atoms with Crippen molar-refractivity contribution in [2.45, 2.75) is 6.92 Å². The highest BCUT2D eigenvalue weighted by atomic mass is 16.3. The predicted molar refractivity (Wildman–Crippen MR) is 49.9 cm³/mol. The van der Waals surface area contributed by atoms with Crippen LogP contribution in [0.4, 0.5) is 0 Å². The highest BCUT2D eigenvalue weighted by molar-refractivity contribution is 5.84. The van der Waals surface area contributed by atoms with Gasteiger partial charge in [0.15, 0.2) is 18.4 Å². The molecule has 2 rings (SSSR count). The largest absolute Gasteiger partial charge is 0.442 e. The van der Waals surface area contributed by atoms with E-state index in [4.69, 9.17) is 4.42 Å². The first-order chi connectivity index (χ1) is 6.83. The molecule has 0 saturated carbocycles. The van der Waals surface area contributed by atoms with Crippen molar-refractivity contribution in [2.24, 2.45) is 0 Å².